The number of anilines is 1. The number of carbonyl (C=O) groups excluding carboxylic acids is 1. The van der Waals surface area contributed by atoms with E-state index in [9.17, 15) is 14.7 Å². The lowest BCUT2D eigenvalue weighted by Gasteiger charge is -2.22. The van der Waals surface area contributed by atoms with Crippen LogP contribution in [0.1, 0.15) is 11.4 Å². The van der Waals surface area contributed by atoms with Crippen LogP contribution in [0.25, 0.3) is 0 Å². The van der Waals surface area contributed by atoms with Gasteiger partial charge in [0.2, 0.25) is 6.39 Å². The quantitative estimate of drug-likeness (QED) is 0.864. The first-order valence-electron chi connectivity index (χ1n) is 6.30. The highest BCUT2D eigenvalue weighted by Crippen LogP contribution is 2.32. The highest BCUT2D eigenvalue weighted by Gasteiger charge is 2.38. The number of nitrogens with zero attached hydrogens (tertiary/aromatic N) is 3. The molecule has 0 saturated heterocycles. The fourth-order valence-corrected chi connectivity index (χ4v) is 2.34. The summed E-state index contributed by atoms with van der Waals surface area (Å²) in [6.07, 6.45) is 1.45. The van der Waals surface area contributed by atoms with E-state index < -0.39 is 18.0 Å². The number of para-hydroxylation sites is 1. The molecule has 2 heterocycles. The van der Waals surface area contributed by atoms with Crippen molar-refractivity contribution in [2.24, 2.45) is 0 Å². The van der Waals surface area contributed by atoms with Gasteiger partial charge in [-0.1, -0.05) is 23.4 Å². The van der Waals surface area contributed by atoms with Crippen molar-refractivity contribution in [1.82, 2.24) is 15.5 Å². The number of aromatic nitrogens is 2. The van der Waals surface area contributed by atoms with Gasteiger partial charge in [-0.2, -0.15) is 4.98 Å². The Morgan fingerprint density at radius 3 is 2.95 bits per heavy atom. The molecule has 1 atom stereocenters. The summed E-state index contributed by atoms with van der Waals surface area (Å²) >= 11 is 0. The molecule has 0 radical (unpaired) electrons. The molecule has 8 heteroatoms. The molecule has 8 nitrogen and oxygen atoms in total. The summed E-state index contributed by atoms with van der Waals surface area (Å²) in [6, 6.07) is 5.72. The number of aliphatic carboxylic acids is 1. The molecule has 1 aromatic heterocycles. The van der Waals surface area contributed by atoms with E-state index in [2.05, 4.69) is 20.0 Å². The minimum Gasteiger partial charge on any atom is -0.480 e. The number of hydrogen-bond donors (Lipinski definition) is 2. The van der Waals surface area contributed by atoms with Crippen molar-refractivity contribution in [2.45, 2.75) is 19.0 Å². The molecule has 0 spiro atoms. The molecule has 2 N–H and O–H groups in total. The summed E-state index contributed by atoms with van der Waals surface area (Å²) in [5.74, 6) is -0.719. The molecular formula is C13H12N4O4. The third-order valence-electron chi connectivity index (χ3n) is 3.28. The summed E-state index contributed by atoms with van der Waals surface area (Å²) in [4.78, 5) is 28.7. The number of urea groups is 1. The van der Waals surface area contributed by atoms with Gasteiger partial charge in [0.25, 0.3) is 0 Å². The molecule has 0 fully saturated rings. The minimum absolute atomic E-state index is 0.0698. The molecule has 0 unspecified atom stereocenters. The Kier molecular flexibility index (Phi) is 3.27. The maximum atomic E-state index is 12.3. The number of carbonyl (C=O) groups is 2. The van der Waals surface area contributed by atoms with Crippen LogP contribution < -0.4 is 10.2 Å². The predicted molar refractivity (Wildman–Crippen MR) is 70.6 cm³/mol. The van der Waals surface area contributed by atoms with Crippen LogP contribution in [0.2, 0.25) is 0 Å². The van der Waals surface area contributed by atoms with Crippen LogP contribution in [0.3, 0.4) is 0 Å². The Labute approximate surface area is 119 Å². The SMILES string of the molecule is O=C(O)[C@@H]1Cc2ccccc2N1C(=O)NCc1ncon1. The summed E-state index contributed by atoms with van der Waals surface area (Å²) in [5, 5.41) is 15.5. The lowest BCUT2D eigenvalue weighted by molar-refractivity contribution is -0.138. The topological polar surface area (TPSA) is 109 Å². The zero-order valence-electron chi connectivity index (χ0n) is 10.9. The Morgan fingerprint density at radius 2 is 2.24 bits per heavy atom. The fraction of sp³-hybridized carbons (Fsp3) is 0.231. The number of rotatable bonds is 3. The van der Waals surface area contributed by atoms with Crippen molar-refractivity contribution >= 4 is 17.7 Å². The maximum Gasteiger partial charge on any atom is 0.327 e. The zero-order valence-corrected chi connectivity index (χ0v) is 10.9. The third kappa shape index (κ3) is 2.42. The molecule has 3 rings (SSSR count). The molecule has 0 bridgehead atoms. The first-order valence-corrected chi connectivity index (χ1v) is 6.30. The lowest BCUT2D eigenvalue weighted by atomic mass is 10.1. The van der Waals surface area contributed by atoms with Crippen molar-refractivity contribution in [3.63, 3.8) is 0 Å². The number of carboxylic acids is 1. The van der Waals surface area contributed by atoms with E-state index in [4.69, 9.17) is 0 Å². The number of hydrogen-bond acceptors (Lipinski definition) is 5. The fourth-order valence-electron chi connectivity index (χ4n) is 2.34. The van der Waals surface area contributed by atoms with Crippen LogP contribution in [0, 0.1) is 0 Å². The van der Waals surface area contributed by atoms with Crippen LogP contribution in [0.4, 0.5) is 10.5 Å². The Bertz CT molecular complexity index is 671. The van der Waals surface area contributed by atoms with Crippen LogP contribution in [-0.2, 0) is 17.8 Å². The van der Waals surface area contributed by atoms with Crippen LogP contribution >= 0.6 is 0 Å². The van der Waals surface area contributed by atoms with E-state index in [1.807, 2.05) is 12.1 Å². The van der Waals surface area contributed by atoms with Gasteiger partial charge in [0.15, 0.2) is 5.82 Å². The first kappa shape index (κ1) is 13.1. The Balaban J connectivity index is 1.80. The molecule has 21 heavy (non-hydrogen) atoms. The molecule has 1 aliphatic heterocycles. The van der Waals surface area contributed by atoms with Crippen molar-refractivity contribution in [1.29, 1.82) is 0 Å². The van der Waals surface area contributed by atoms with Crippen LogP contribution in [0.5, 0.6) is 0 Å². The van der Waals surface area contributed by atoms with E-state index in [1.165, 1.54) is 4.90 Å². The van der Waals surface area contributed by atoms with Gasteiger partial charge in [0.05, 0.1) is 6.54 Å². The van der Waals surface area contributed by atoms with Gasteiger partial charge >= 0.3 is 12.0 Å². The van der Waals surface area contributed by atoms with Crippen molar-refractivity contribution < 1.29 is 19.2 Å². The molecular weight excluding hydrogens is 276 g/mol. The Hall–Kier alpha value is -2.90. The molecule has 1 aromatic carbocycles. The average Bonchev–Trinajstić information content (AvgIpc) is 3.11. The van der Waals surface area contributed by atoms with Crippen LogP contribution in [-0.4, -0.2) is 33.3 Å². The molecule has 2 amide bonds. The zero-order chi connectivity index (χ0) is 14.8. The number of nitrogens with one attached hydrogen (secondary N) is 1. The molecule has 108 valence electrons. The number of fused-ring (bicyclic) bond motifs is 1. The summed E-state index contributed by atoms with van der Waals surface area (Å²) < 4.78 is 4.57. The second kappa shape index (κ2) is 5.23. The van der Waals surface area contributed by atoms with Crippen molar-refractivity contribution in [3.05, 3.63) is 42.0 Å². The van der Waals surface area contributed by atoms with Gasteiger partial charge in [-0.05, 0) is 11.6 Å². The second-order valence-electron chi connectivity index (χ2n) is 4.56. The summed E-state index contributed by atoms with van der Waals surface area (Å²) in [7, 11) is 0. The van der Waals surface area contributed by atoms with E-state index in [0.717, 1.165) is 12.0 Å². The summed E-state index contributed by atoms with van der Waals surface area (Å²) in [6.45, 7) is 0.0698. The van der Waals surface area contributed by atoms with Gasteiger partial charge in [-0.15, -0.1) is 0 Å². The normalized spacial score (nSPS) is 16.6. The van der Waals surface area contributed by atoms with Gasteiger partial charge in [0.1, 0.15) is 6.04 Å². The maximum absolute atomic E-state index is 12.3. The Morgan fingerprint density at radius 1 is 1.43 bits per heavy atom. The van der Waals surface area contributed by atoms with Gasteiger partial charge in [0, 0.05) is 12.1 Å². The standard InChI is InChI=1S/C13H12N4O4/c18-12(19)10-5-8-3-1-2-4-9(8)17(10)13(20)14-6-11-15-7-21-16-11/h1-4,7,10H,5-6H2,(H,14,20)(H,18,19)/t10-/m0/s1. The average molecular weight is 288 g/mol. The highest BCUT2D eigenvalue weighted by atomic mass is 16.5. The largest absolute Gasteiger partial charge is 0.480 e. The van der Waals surface area contributed by atoms with E-state index in [1.54, 1.807) is 12.1 Å². The molecule has 2 aromatic rings. The molecule has 1 aliphatic rings. The monoisotopic (exact) mass is 288 g/mol. The van der Waals surface area contributed by atoms with Crippen molar-refractivity contribution in [2.75, 3.05) is 4.90 Å². The number of benzene rings is 1. The smallest absolute Gasteiger partial charge is 0.327 e. The van der Waals surface area contributed by atoms with Gasteiger partial charge < -0.3 is 14.9 Å². The van der Waals surface area contributed by atoms with Crippen LogP contribution in [0.15, 0.2) is 35.2 Å². The highest BCUT2D eigenvalue weighted by molar-refractivity contribution is 6.00. The van der Waals surface area contributed by atoms with Gasteiger partial charge in [-0.25, -0.2) is 9.59 Å². The summed E-state index contributed by atoms with van der Waals surface area (Å²) in [5.41, 5.74) is 1.44. The molecule has 0 aliphatic carbocycles. The second-order valence-corrected chi connectivity index (χ2v) is 4.56. The van der Waals surface area contributed by atoms with Gasteiger partial charge in [-0.3, -0.25) is 4.90 Å². The number of amides is 2. The minimum atomic E-state index is -1.04. The number of carboxylic acid groups (broad SMARTS) is 1. The van der Waals surface area contributed by atoms with E-state index >= 15 is 0 Å². The first-order chi connectivity index (χ1) is 10.2. The van der Waals surface area contributed by atoms with E-state index in [0.29, 0.717) is 17.9 Å². The molecule has 0 saturated carbocycles. The predicted octanol–water partition coefficient (Wildman–Crippen LogP) is 0.795. The lowest BCUT2D eigenvalue weighted by Crippen LogP contribution is -2.47. The van der Waals surface area contributed by atoms with Crippen molar-refractivity contribution in [3.8, 4) is 0 Å². The third-order valence-corrected chi connectivity index (χ3v) is 3.28. The van der Waals surface area contributed by atoms with E-state index in [-0.39, 0.29) is 6.54 Å².